The molecule has 0 radical (unpaired) electrons. The van der Waals surface area contributed by atoms with Crippen molar-refractivity contribution in [1.82, 2.24) is 15.1 Å². The van der Waals surface area contributed by atoms with E-state index in [1.54, 1.807) is 4.68 Å². The molecule has 3 aromatic rings. The van der Waals surface area contributed by atoms with Crippen molar-refractivity contribution < 1.29 is 0 Å². The van der Waals surface area contributed by atoms with Crippen molar-refractivity contribution in [2.45, 2.75) is 64.6 Å². The summed E-state index contributed by atoms with van der Waals surface area (Å²) in [7, 11) is 0. The predicted octanol–water partition coefficient (Wildman–Crippen LogP) is 4.95. The average Bonchev–Trinajstić information content (AvgIpc) is 3.04. The van der Waals surface area contributed by atoms with Gasteiger partial charge in [-0.1, -0.05) is 48.5 Å². The van der Waals surface area contributed by atoms with Gasteiger partial charge in [0.15, 0.2) is 0 Å². The molecule has 1 aromatic heterocycles. The molecule has 0 atom stereocenters. The first-order valence-electron chi connectivity index (χ1n) is 11.0. The number of hydrogen-bond acceptors (Lipinski definition) is 3. The molecule has 162 valence electrons. The van der Waals surface area contributed by atoms with E-state index < -0.39 is 0 Å². The molecule has 2 heterocycles. The molecule has 1 fully saturated rings. The molecule has 4 rings (SSSR count). The van der Waals surface area contributed by atoms with Crippen molar-refractivity contribution in [3.05, 3.63) is 76.6 Å². The molecule has 0 saturated carbocycles. The molecule has 31 heavy (non-hydrogen) atoms. The summed E-state index contributed by atoms with van der Waals surface area (Å²) in [5.41, 5.74) is 3.96. The van der Waals surface area contributed by atoms with Gasteiger partial charge in [-0.3, -0.25) is 14.9 Å². The first-order chi connectivity index (χ1) is 14.7. The number of benzene rings is 2. The third-order valence-corrected chi connectivity index (χ3v) is 5.87. The zero-order valence-electron chi connectivity index (χ0n) is 19.1. The predicted molar refractivity (Wildman–Crippen MR) is 128 cm³/mol. The Morgan fingerprint density at radius 2 is 1.48 bits per heavy atom. The summed E-state index contributed by atoms with van der Waals surface area (Å²) in [6.07, 6.45) is 1.87. The molecule has 2 aromatic carbocycles. The minimum Gasteiger partial charge on any atom is -0.307 e. The van der Waals surface area contributed by atoms with Crippen molar-refractivity contribution in [2.75, 3.05) is 0 Å². The number of aliphatic imine (C=N–C) groups is 1. The summed E-state index contributed by atoms with van der Waals surface area (Å²) in [6.45, 7) is 10.9. The molecule has 1 aliphatic heterocycles. The van der Waals surface area contributed by atoms with Crippen LogP contribution >= 0.6 is 0 Å². The summed E-state index contributed by atoms with van der Waals surface area (Å²) in [5, 5.41) is 7.05. The lowest BCUT2D eigenvalue weighted by Gasteiger charge is -2.45. The van der Waals surface area contributed by atoms with Crippen LogP contribution in [0.1, 0.15) is 53.0 Å². The summed E-state index contributed by atoms with van der Waals surface area (Å²) in [5.74, 6) is 0. The first kappa shape index (κ1) is 21.3. The summed E-state index contributed by atoms with van der Waals surface area (Å²) < 4.78 is 1.62. The Labute approximate surface area is 184 Å². The number of H-pyrrole nitrogens is 1. The smallest absolute Gasteiger partial charge is 0.280 e. The highest BCUT2D eigenvalue weighted by Gasteiger charge is 2.37. The quantitative estimate of drug-likeness (QED) is 0.591. The van der Waals surface area contributed by atoms with E-state index in [4.69, 9.17) is 4.99 Å². The van der Waals surface area contributed by atoms with Gasteiger partial charge in [-0.15, -0.1) is 0 Å². The third-order valence-electron chi connectivity index (χ3n) is 5.87. The number of rotatable bonds is 4. The Balaban J connectivity index is 1.82. The van der Waals surface area contributed by atoms with Gasteiger partial charge >= 0.3 is 0 Å². The molecular weight excluding hydrogens is 384 g/mol. The van der Waals surface area contributed by atoms with Crippen LogP contribution in [-0.4, -0.2) is 32.6 Å². The Morgan fingerprint density at radius 1 is 0.935 bits per heavy atom. The van der Waals surface area contributed by atoms with Crippen LogP contribution in [0, 0.1) is 0 Å². The molecule has 1 saturated heterocycles. The van der Waals surface area contributed by atoms with Crippen LogP contribution < -0.4 is 10.9 Å². The third kappa shape index (κ3) is 4.57. The minimum absolute atomic E-state index is 0.000840. The lowest BCUT2D eigenvalue weighted by molar-refractivity contribution is 0.164. The Hall–Kier alpha value is -2.92. The lowest BCUT2D eigenvalue weighted by Crippen LogP contribution is -2.58. The summed E-state index contributed by atoms with van der Waals surface area (Å²) in [4.78, 5) is 18.6. The zero-order chi connectivity index (χ0) is 22.2. The highest BCUT2D eigenvalue weighted by molar-refractivity contribution is 6.03. The van der Waals surface area contributed by atoms with Crippen LogP contribution in [0.2, 0.25) is 0 Å². The maximum absolute atomic E-state index is 13.5. The topological polar surface area (TPSA) is 62.2 Å². The van der Waals surface area contributed by atoms with Gasteiger partial charge in [0.25, 0.3) is 5.56 Å². The fraction of sp³-hybridized carbons (Fsp3) is 0.385. The van der Waals surface area contributed by atoms with E-state index in [0.717, 1.165) is 35.5 Å². The Kier molecular flexibility index (Phi) is 5.48. The van der Waals surface area contributed by atoms with E-state index in [0.29, 0.717) is 5.56 Å². The molecule has 1 aliphatic rings. The normalized spacial score (nSPS) is 18.8. The molecule has 0 bridgehead atoms. The van der Waals surface area contributed by atoms with Gasteiger partial charge in [0.2, 0.25) is 0 Å². The lowest BCUT2D eigenvalue weighted by atomic mass is 9.80. The van der Waals surface area contributed by atoms with Crippen molar-refractivity contribution in [3.8, 4) is 16.9 Å². The van der Waals surface area contributed by atoms with Crippen LogP contribution in [0.15, 0.2) is 70.5 Å². The molecule has 5 nitrogen and oxygen atoms in total. The fourth-order valence-corrected chi connectivity index (χ4v) is 5.04. The minimum atomic E-state index is -0.0706. The zero-order valence-corrected chi connectivity index (χ0v) is 19.1. The van der Waals surface area contributed by atoms with E-state index >= 15 is 0 Å². The highest BCUT2D eigenvalue weighted by Crippen LogP contribution is 2.31. The van der Waals surface area contributed by atoms with Gasteiger partial charge in [0, 0.05) is 22.4 Å². The molecule has 0 unspecified atom stereocenters. The van der Waals surface area contributed by atoms with Crippen LogP contribution in [0.3, 0.4) is 0 Å². The van der Waals surface area contributed by atoms with E-state index in [1.807, 2.05) is 67.6 Å². The number of para-hydroxylation sites is 1. The number of nitrogens with zero attached hydrogens (tertiary/aromatic N) is 2. The molecule has 5 heteroatoms. The maximum Gasteiger partial charge on any atom is 0.280 e. The van der Waals surface area contributed by atoms with Crippen LogP contribution in [0.25, 0.3) is 16.9 Å². The maximum atomic E-state index is 13.5. The number of aromatic amines is 1. The number of nitrogens with one attached hydrogen (secondary N) is 2. The van der Waals surface area contributed by atoms with E-state index in [9.17, 15) is 4.79 Å². The fourth-order valence-electron chi connectivity index (χ4n) is 5.04. The van der Waals surface area contributed by atoms with Crippen molar-refractivity contribution >= 4 is 5.71 Å². The van der Waals surface area contributed by atoms with E-state index in [1.165, 1.54) is 0 Å². The number of piperidine rings is 1. The molecule has 0 amide bonds. The SMILES string of the molecule is CC(=NC1CC(C)(C)NC(C)(C)C1)c1c(-c2ccccc2)[nH]n(-c2ccccc2)c1=O. The van der Waals surface area contributed by atoms with Gasteiger partial charge in [-0.2, -0.15) is 0 Å². The second-order valence-corrected chi connectivity index (χ2v) is 9.87. The molecule has 2 N–H and O–H groups in total. The van der Waals surface area contributed by atoms with Gasteiger partial charge in [-0.05, 0) is 59.6 Å². The molecular formula is C26H32N4O. The average molecular weight is 417 g/mol. The second-order valence-electron chi connectivity index (χ2n) is 9.87. The first-order valence-corrected chi connectivity index (χ1v) is 11.0. The number of hydrogen-bond donors (Lipinski definition) is 2. The van der Waals surface area contributed by atoms with Crippen LogP contribution in [-0.2, 0) is 0 Å². The number of aromatic nitrogens is 2. The van der Waals surface area contributed by atoms with Gasteiger partial charge in [0.05, 0.1) is 23.0 Å². The Bertz CT molecular complexity index is 1120. The largest absolute Gasteiger partial charge is 0.307 e. The van der Waals surface area contributed by atoms with E-state index in [2.05, 4.69) is 38.1 Å². The Morgan fingerprint density at radius 3 is 2.06 bits per heavy atom. The second kappa shape index (κ2) is 7.97. The monoisotopic (exact) mass is 416 g/mol. The van der Waals surface area contributed by atoms with E-state index in [-0.39, 0.29) is 22.7 Å². The van der Waals surface area contributed by atoms with Gasteiger partial charge < -0.3 is 5.32 Å². The van der Waals surface area contributed by atoms with Gasteiger partial charge in [0.1, 0.15) is 0 Å². The van der Waals surface area contributed by atoms with Crippen molar-refractivity contribution in [1.29, 1.82) is 0 Å². The van der Waals surface area contributed by atoms with Crippen LogP contribution in [0.5, 0.6) is 0 Å². The van der Waals surface area contributed by atoms with Crippen LogP contribution in [0.4, 0.5) is 0 Å². The van der Waals surface area contributed by atoms with Crippen molar-refractivity contribution in [3.63, 3.8) is 0 Å². The summed E-state index contributed by atoms with van der Waals surface area (Å²) in [6, 6.07) is 19.8. The summed E-state index contributed by atoms with van der Waals surface area (Å²) >= 11 is 0. The van der Waals surface area contributed by atoms with Gasteiger partial charge in [-0.25, -0.2) is 4.68 Å². The molecule has 0 spiro atoms. The molecule has 0 aliphatic carbocycles. The standard InChI is InChI=1S/C26H32N4O/c1-18(27-20-16-25(2,3)29-26(4,5)17-20)22-23(19-12-8-6-9-13-19)28-30(24(22)31)21-14-10-7-11-15-21/h6-15,20,28-29H,16-17H2,1-5H3. The van der Waals surface area contributed by atoms with Crippen molar-refractivity contribution in [2.24, 2.45) is 4.99 Å². The highest BCUT2D eigenvalue weighted by atomic mass is 16.1.